The fourth-order valence-corrected chi connectivity index (χ4v) is 2.93. The van der Waals surface area contributed by atoms with E-state index >= 15 is 0 Å². The van der Waals surface area contributed by atoms with Crippen molar-refractivity contribution in [2.75, 3.05) is 18.5 Å². The SMILES string of the molecule is Cc1ccn2cc(-c3ccc(NC(=O)[C@H]4CCOC4)cc3)nc2c1. The maximum atomic E-state index is 12.1. The summed E-state index contributed by atoms with van der Waals surface area (Å²) in [7, 11) is 0. The molecule has 3 aromatic rings. The molecule has 122 valence electrons. The van der Waals surface area contributed by atoms with Crippen LogP contribution in [0.15, 0.2) is 48.8 Å². The van der Waals surface area contributed by atoms with E-state index in [0.29, 0.717) is 13.2 Å². The summed E-state index contributed by atoms with van der Waals surface area (Å²) >= 11 is 0. The molecular weight excluding hydrogens is 302 g/mol. The molecule has 1 amide bonds. The van der Waals surface area contributed by atoms with Gasteiger partial charge in [0.2, 0.25) is 5.91 Å². The maximum Gasteiger partial charge on any atom is 0.229 e. The zero-order chi connectivity index (χ0) is 16.5. The molecular formula is C19H19N3O2. The summed E-state index contributed by atoms with van der Waals surface area (Å²) in [5.74, 6) is -0.00480. The molecule has 0 spiro atoms. The number of fused-ring (bicyclic) bond motifs is 1. The van der Waals surface area contributed by atoms with Gasteiger partial charge in [-0.1, -0.05) is 12.1 Å². The molecule has 24 heavy (non-hydrogen) atoms. The van der Waals surface area contributed by atoms with E-state index in [4.69, 9.17) is 4.74 Å². The van der Waals surface area contributed by atoms with Crippen molar-refractivity contribution in [1.29, 1.82) is 0 Å². The highest BCUT2D eigenvalue weighted by molar-refractivity contribution is 5.93. The number of imidazole rings is 1. The number of anilines is 1. The molecule has 2 aromatic heterocycles. The number of amides is 1. The van der Waals surface area contributed by atoms with Crippen molar-refractivity contribution in [1.82, 2.24) is 9.38 Å². The third-order valence-corrected chi connectivity index (χ3v) is 4.36. The highest BCUT2D eigenvalue weighted by Crippen LogP contribution is 2.22. The van der Waals surface area contributed by atoms with Crippen LogP contribution >= 0.6 is 0 Å². The second-order valence-electron chi connectivity index (χ2n) is 6.22. The van der Waals surface area contributed by atoms with E-state index < -0.39 is 0 Å². The van der Waals surface area contributed by atoms with Crippen LogP contribution in [-0.4, -0.2) is 28.5 Å². The molecule has 0 saturated carbocycles. The summed E-state index contributed by atoms with van der Waals surface area (Å²) in [6.45, 7) is 3.25. The summed E-state index contributed by atoms with van der Waals surface area (Å²) in [5, 5.41) is 2.95. The molecule has 1 aromatic carbocycles. The summed E-state index contributed by atoms with van der Waals surface area (Å²) in [4.78, 5) is 16.8. The first-order valence-corrected chi connectivity index (χ1v) is 8.13. The van der Waals surface area contributed by atoms with Crippen molar-refractivity contribution in [2.24, 2.45) is 5.92 Å². The first-order chi connectivity index (χ1) is 11.7. The lowest BCUT2D eigenvalue weighted by Crippen LogP contribution is -2.22. The normalized spacial score (nSPS) is 17.3. The number of nitrogens with one attached hydrogen (secondary N) is 1. The average Bonchev–Trinajstić information content (AvgIpc) is 3.24. The van der Waals surface area contributed by atoms with Gasteiger partial charge in [0.1, 0.15) is 5.65 Å². The molecule has 1 fully saturated rings. The standard InChI is InChI=1S/C19H19N3O2/c1-13-6-8-22-11-17(21-18(22)10-13)14-2-4-16(5-3-14)20-19(23)15-7-9-24-12-15/h2-6,8,10-11,15H,7,9,12H2,1H3,(H,20,23)/t15-/m0/s1. The number of hydrogen-bond donors (Lipinski definition) is 1. The Bertz CT molecular complexity index is 877. The number of aryl methyl sites for hydroxylation is 1. The van der Waals surface area contributed by atoms with Crippen LogP contribution in [0, 0.1) is 12.8 Å². The van der Waals surface area contributed by atoms with Crippen molar-refractivity contribution in [2.45, 2.75) is 13.3 Å². The van der Waals surface area contributed by atoms with E-state index in [1.54, 1.807) is 0 Å². The molecule has 0 aliphatic carbocycles. The van der Waals surface area contributed by atoms with Gasteiger partial charge >= 0.3 is 0 Å². The Morgan fingerprint density at radius 2 is 2.12 bits per heavy atom. The first-order valence-electron chi connectivity index (χ1n) is 8.13. The number of pyridine rings is 1. The highest BCUT2D eigenvalue weighted by Gasteiger charge is 2.23. The van der Waals surface area contributed by atoms with E-state index in [1.807, 2.05) is 41.1 Å². The fourth-order valence-electron chi connectivity index (χ4n) is 2.93. The van der Waals surface area contributed by atoms with Gasteiger partial charge in [-0.05, 0) is 43.2 Å². The molecule has 1 saturated heterocycles. The molecule has 1 aliphatic heterocycles. The van der Waals surface area contributed by atoms with Gasteiger partial charge in [-0.3, -0.25) is 4.79 Å². The van der Waals surface area contributed by atoms with Crippen LogP contribution in [0.5, 0.6) is 0 Å². The average molecular weight is 321 g/mol. The van der Waals surface area contributed by atoms with Crippen LogP contribution in [0.2, 0.25) is 0 Å². The molecule has 0 unspecified atom stereocenters. The van der Waals surface area contributed by atoms with Gasteiger partial charge in [0.15, 0.2) is 0 Å². The Labute approximate surface area is 140 Å². The van der Waals surface area contributed by atoms with Crippen molar-refractivity contribution in [3.63, 3.8) is 0 Å². The van der Waals surface area contributed by atoms with Crippen LogP contribution in [-0.2, 0) is 9.53 Å². The second-order valence-corrected chi connectivity index (χ2v) is 6.22. The minimum Gasteiger partial charge on any atom is -0.381 e. The van der Waals surface area contributed by atoms with Crippen LogP contribution in [0.25, 0.3) is 16.9 Å². The molecule has 1 atom stereocenters. The second kappa shape index (κ2) is 6.09. The van der Waals surface area contributed by atoms with Crippen molar-refractivity contribution in [3.8, 4) is 11.3 Å². The Morgan fingerprint density at radius 3 is 2.88 bits per heavy atom. The number of hydrogen-bond acceptors (Lipinski definition) is 3. The topological polar surface area (TPSA) is 55.6 Å². The number of benzene rings is 1. The molecule has 5 nitrogen and oxygen atoms in total. The quantitative estimate of drug-likeness (QED) is 0.805. The van der Waals surface area contributed by atoms with Crippen LogP contribution in [0.4, 0.5) is 5.69 Å². The van der Waals surface area contributed by atoms with Crippen molar-refractivity contribution >= 4 is 17.2 Å². The zero-order valence-corrected chi connectivity index (χ0v) is 13.5. The number of rotatable bonds is 3. The molecule has 0 radical (unpaired) electrons. The highest BCUT2D eigenvalue weighted by atomic mass is 16.5. The molecule has 1 N–H and O–H groups in total. The third-order valence-electron chi connectivity index (χ3n) is 4.36. The summed E-state index contributed by atoms with van der Waals surface area (Å²) in [6.07, 6.45) is 4.82. The number of ether oxygens (including phenoxy) is 1. The smallest absolute Gasteiger partial charge is 0.229 e. The van der Waals surface area contributed by atoms with Gasteiger partial charge in [-0.25, -0.2) is 4.98 Å². The number of aromatic nitrogens is 2. The van der Waals surface area contributed by atoms with Gasteiger partial charge in [0, 0.05) is 30.3 Å². The van der Waals surface area contributed by atoms with Crippen molar-refractivity contribution in [3.05, 3.63) is 54.4 Å². The number of carbonyl (C=O) groups excluding carboxylic acids is 1. The van der Waals surface area contributed by atoms with E-state index in [-0.39, 0.29) is 11.8 Å². The Kier molecular flexibility index (Phi) is 3.78. The predicted molar refractivity (Wildman–Crippen MR) is 92.9 cm³/mol. The third kappa shape index (κ3) is 2.90. The summed E-state index contributed by atoms with van der Waals surface area (Å²) in [6, 6.07) is 11.9. The van der Waals surface area contributed by atoms with Crippen LogP contribution < -0.4 is 5.32 Å². The predicted octanol–water partition coefficient (Wildman–Crippen LogP) is 3.28. The number of nitrogens with zero attached hydrogens (tertiary/aromatic N) is 2. The van der Waals surface area contributed by atoms with E-state index in [0.717, 1.165) is 29.0 Å². The minimum atomic E-state index is -0.0358. The van der Waals surface area contributed by atoms with E-state index in [9.17, 15) is 4.79 Å². The minimum absolute atomic E-state index is 0.0310. The molecule has 1 aliphatic rings. The van der Waals surface area contributed by atoms with Gasteiger partial charge in [-0.15, -0.1) is 0 Å². The number of carbonyl (C=O) groups is 1. The molecule has 4 rings (SSSR count). The molecule has 3 heterocycles. The maximum absolute atomic E-state index is 12.1. The van der Waals surface area contributed by atoms with Crippen molar-refractivity contribution < 1.29 is 9.53 Å². The van der Waals surface area contributed by atoms with Gasteiger partial charge in [0.25, 0.3) is 0 Å². The first kappa shape index (κ1) is 14.9. The Balaban J connectivity index is 1.53. The zero-order valence-electron chi connectivity index (χ0n) is 13.5. The lowest BCUT2D eigenvalue weighted by atomic mass is 10.1. The summed E-state index contributed by atoms with van der Waals surface area (Å²) in [5.41, 5.74) is 4.87. The largest absolute Gasteiger partial charge is 0.381 e. The van der Waals surface area contributed by atoms with Crippen LogP contribution in [0.1, 0.15) is 12.0 Å². The fraction of sp³-hybridized carbons (Fsp3) is 0.263. The molecule has 0 bridgehead atoms. The summed E-state index contributed by atoms with van der Waals surface area (Å²) < 4.78 is 7.27. The van der Waals surface area contributed by atoms with Gasteiger partial charge in [0.05, 0.1) is 18.2 Å². The van der Waals surface area contributed by atoms with Crippen LogP contribution in [0.3, 0.4) is 0 Å². The van der Waals surface area contributed by atoms with Gasteiger partial charge < -0.3 is 14.5 Å². The lowest BCUT2D eigenvalue weighted by molar-refractivity contribution is -0.119. The van der Waals surface area contributed by atoms with Gasteiger partial charge in [-0.2, -0.15) is 0 Å². The van der Waals surface area contributed by atoms with E-state index in [1.165, 1.54) is 5.56 Å². The Hall–Kier alpha value is -2.66. The lowest BCUT2D eigenvalue weighted by Gasteiger charge is -2.09. The molecule has 5 heteroatoms. The van der Waals surface area contributed by atoms with E-state index in [2.05, 4.69) is 29.4 Å². The Morgan fingerprint density at radius 1 is 1.29 bits per heavy atom. The monoisotopic (exact) mass is 321 g/mol.